The Labute approximate surface area is 141 Å². The predicted octanol–water partition coefficient (Wildman–Crippen LogP) is 1.99. The van der Waals surface area contributed by atoms with Gasteiger partial charge in [0.05, 0.1) is 18.6 Å². The zero-order valence-electron chi connectivity index (χ0n) is 14.1. The Morgan fingerprint density at radius 2 is 1.88 bits per heavy atom. The monoisotopic (exact) mass is 336 g/mol. The fourth-order valence-corrected chi connectivity index (χ4v) is 3.01. The Morgan fingerprint density at radius 3 is 2.46 bits per heavy atom. The molecule has 0 heterocycles. The molecule has 1 fully saturated rings. The van der Waals surface area contributed by atoms with Crippen LogP contribution in [-0.4, -0.2) is 40.5 Å². The van der Waals surface area contributed by atoms with Crippen molar-refractivity contribution in [3.63, 3.8) is 0 Å². The molecule has 2 N–H and O–H groups in total. The van der Waals surface area contributed by atoms with Gasteiger partial charge in [0.2, 0.25) is 11.8 Å². The van der Waals surface area contributed by atoms with Crippen LogP contribution in [0.5, 0.6) is 0 Å². The number of rotatable bonds is 7. The number of carbonyl (C=O) groups excluding carboxylic acids is 2. The minimum absolute atomic E-state index is 0.0351. The Bertz CT molecular complexity index is 568. The van der Waals surface area contributed by atoms with Crippen molar-refractivity contribution in [2.45, 2.75) is 51.2 Å². The summed E-state index contributed by atoms with van der Waals surface area (Å²) < 4.78 is 12.8. The van der Waals surface area contributed by atoms with E-state index < -0.39 is 5.60 Å². The van der Waals surface area contributed by atoms with Crippen LogP contribution >= 0.6 is 0 Å². The lowest BCUT2D eigenvalue weighted by molar-refractivity contribution is -0.139. The summed E-state index contributed by atoms with van der Waals surface area (Å²) in [6.45, 7) is 2.48. The van der Waals surface area contributed by atoms with Gasteiger partial charge in [-0.15, -0.1) is 0 Å². The average molecular weight is 336 g/mol. The van der Waals surface area contributed by atoms with Crippen molar-refractivity contribution in [2.75, 3.05) is 13.1 Å². The van der Waals surface area contributed by atoms with E-state index in [9.17, 15) is 19.1 Å². The van der Waals surface area contributed by atoms with E-state index in [0.717, 1.165) is 18.4 Å². The van der Waals surface area contributed by atoms with Crippen LogP contribution in [0.25, 0.3) is 0 Å². The van der Waals surface area contributed by atoms with Crippen LogP contribution in [-0.2, 0) is 16.1 Å². The van der Waals surface area contributed by atoms with E-state index in [1.54, 1.807) is 12.1 Å². The molecule has 0 atom stereocenters. The molecule has 0 unspecified atom stereocenters. The van der Waals surface area contributed by atoms with Crippen molar-refractivity contribution in [3.8, 4) is 0 Å². The number of carbonyl (C=O) groups is 2. The van der Waals surface area contributed by atoms with Crippen LogP contribution in [0.1, 0.15) is 44.6 Å². The molecule has 1 aromatic carbocycles. The fourth-order valence-electron chi connectivity index (χ4n) is 3.01. The summed E-state index contributed by atoms with van der Waals surface area (Å²) >= 11 is 0. The summed E-state index contributed by atoms with van der Waals surface area (Å²) in [6, 6.07) is 5.89. The lowest BCUT2D eigenvalue weighted by Crippen LogP contribution is -2.43. The molecule has 0 aromatic heterocycles. The fraction of sp³-hybridized carbons (Fsp3) is 0.556. The largest absolute Gasteiger partial charge is 0.389 e. The minimum Gasteiger partial charge on any atom is -0.389 e. The van der Waals surface area contributed by atoms with Crippen molar-refractivity contribution in [3.05, 3.63) is 35.6 Å². The first-order valence-electron chi connectivity index (χ1n) is 8.43. The van der Waals surface area contributed by atoms with Gasteiger partial charge in [0, 0.05) is 13.1 Å². The van der Waals surface area contributed by atoms with Crippen LogP contribution < -0.4 is 5.32 Å². The molecule has 0 aliphatic heterocycles. The van der Waals surface area contributed by atoms with Crippen LogP contribution in [0.3, 0.4) is 0 Å². The molecule has 6 heteroatoms. The topological polar surface area (TPSA) is 69.6 Å². The maximum Gasteiger partial charge on any atom is 0.239 e. The number of aliphatic hydroxyl groups is 1. The highest BCUT2D eigenvalue weighted by Crippen LogP contribution is 2.32. The summed E-state index contributed by atoms with van der Waals surface area (Å²) in [5.74, 6) is -0.788. The van der Waals surface area contributed by atoms with Gasteiger partial charge in [-0.25, -0.2) is 4.39 Å². The summed E-state index contributed by atoms with van der Waals surface area (Å²) in [5, 5.41) is 13.1. The van der Waals surface area contributed by atoms with Gasteiger partial charge in [-0.2, -0.15) is 0 Å². The number of halogens is 1. The molecule has 2 amide bonds. The highest BCUT2D eigenvalue weighted by Gasteiger charge is 2.34. The van der Waals surface area contributed by atoms with Gasteiger partial charge in [0.1, 0.15) is 5.82 Å². The summed E-state index contributed by atoms with van der Waals surface area (Å²) in [4.78, 5) is 25.8. The van der Waals surface area contributed by atoms with Crippen LogP contribution in [0.15, 0.2) is 24.3 Å². The Hall–Kier alpha value is -1.95. The molecule has 2 rings (SSSR count). The number of benzene rings is 1. The van der Waals surface area contributed by atoms with Gasteiger partial charge in [-0.1, -0.05) is 25.0 Å². The quantitative estimate of drug-likeness (QED) is 0.800. The van der Waals surface area contributed by atoms with E-state index in [2.05, 4.69) is 5.32 Å². The molecular weight excluding hydrogens is 311 g/mol. The normalized spacial score (nSPS) is 16.0. The second-order valence-corrected chi connectivity index (χ2v) is 6.42. The van der Waals surface area contributed by atoms with Crippen LogP contribution in [0.2, 0.25) is 0 Å². The molecule has 0 bridgehead atoms. The summed E-state index contributed by atoms with van der Waals surface area (Å²) in [5.41, 5.74) is -0.117. The standard InChI is InChI=1S/C18H25FN2O3/c1-2-21(17(23)11-18(24)9-3-4-10-18)13-16(22)20-12-14-5-7-15(19)8-6-14/h5-8,24H,2-4,9-13H2,1H3,(H,20,22). The highest BCUT2D eigenvalue weighted by atomic mass is 19.1. The Morgan fingerprint density at radius 1 is 1.25 bits per heavy atom. The summed E-state index contributed by atoms with van der Waals surface area (Å²) in [6.07, 6.45) is 3.24. The molecule has 24 heavy (non-hydrogen) atoms. The minimum atomic E-state index is -0.908. The van der Waals surface area contributed by atoms with Gasteiger partial charge in [-0.3, -0.25) is 9.59 Å². The van der Waals surface area contributed by atoms with Crippen molar-refractivity contribution in [1.29, 1.82) is 0 Å². The third-order valence-corrected chi connectivity index (χ3v) is 4.49. The Kier molecular flexibility index (Phi) is 6.31. The second-order valence-electron chi connectivity index (χ2n) is 6.42. The van der Waals surface area contributed by atoms with Gasteiger partial charge >= 0.3 is 0 Å². The molecular formula is C18H25FN2O3. The predicted molar refractivity (Wildman–Crippen MR) is 88.5 cm³/mol. The van der Waals surface area contributed by atoms with Crippen molar-refractivity contribution in [1.82, 2.24) is 10.2 Å². The van der Waals surface area contributed by atoms with E-state index in [0.29, 0.717) is 19.4 Å². The average Bonchev–Trinajstić information content (AvgIpc) is 2.98. The lowest BCUT2D eigenvalue weighted by Gasteiger charge is -2.26. The van der Waals surface area contributed by atoms with Crippen molar-refractivity contribution < 1.29 is 19.1 Å². The van der Waals surface area contributed by atoms with Gasteiger partial charge in [0.25, 0.3) is 0 Å². The van der Waals surface area contributed by atoms with Gasteiger partial charge in [0.15, 0.2) is 0 Å². The molecule has 0 radical (unpaired) electrons. The first kappa shape index (κ1) is 18.4. The maximum atomic E-state index is 12.8. The van der Waals surface area contributed by atoms with E-state index >= 15 is 0 Å². The smallest absolute Gasteiger partial charge is 0.239 e. The zero-order chi connectivity index (χ0) is 17.6. The number of amides is 2. The van der Waals surface area contributed by atoms with Crippen molar-refractivity contribution >= 4 is 11.8 Å². The summed E-state index contributed by atoms with van der Waals surface area (Å²) in [7, 11) is 0. The molecule has 1 aliphatic rings. The highest BCUT2D eigenvalue weighted by molar-refractivity contribution is 5.85. The van der Waals surface area contributed by atoms with Gasteiger partial charge < -0.3 is 15.3 Å². The molecule has 1 saturated carbocycles. The first-order chi connectivity index (χ1) is 11.4. The van der Waals surface area contributed by atoms with Gasteiger partial charge in [-0.05, 0) is 37.5 Å². The number of hydrogen-bond donors (Lipinski definition) is 2. The molecule has 0 saturated heterocycles. The molecule has 132 valence electrons. The molecule has 1 aliphatic carbocycles. The third kappa shape index (κ3) is 5.30. The zero-order valence-corrected chi connectivity index (χ0v) is 14.1. The van der Waals surface area contributed by atoms with Crippen LogP contribution in [0, 0.1) is 5.82 Å². The third-order valence-electron chi connectivity index (χ3n) is 4.49. The number of nitrogens with zero attached hydrogens (tertiary/aromatic N) is 1. The van der Waals surface area contributed by atoms with Crippen molar-refractivity contribution in [2.24, 2.45) is 0 Å². The lowest BCUT2D eigenvalue weighted by atomic mass is 9.97. The van der Waals surface area contributed by atoms with E-state index in [1.165, 1.54) is 17.0 Å². The van der Waals surface area contributed by atoms with E-state index in [1.807, 2.05) is 6.92 Å². The van der Waals surface area contributed by atoms with Crippen LogP contribution in [0.4, 0.5) is 4.39 Å². The second kappa shape index (κ2) is 8.24. The van der Waals surface area contributed by atoms with E-state index in [-0.39, 0.29) is 37.1 Å². The molecule has 5 nitrogen and oxygen atoms in total. The number of hydrogen-bond acceptors (Lipinski definition) is 3. The first-order valence-corrected chi connectivity index (χ1v) is 8.43. The maximum absolute atomic E-state index is 12.8. The number of nitrogens with one attached hydrogen (secondary N) is 1. The molecule has 0 spiro atoms. The van der Waals surface area contributed by atoms with E-state index in [4.69, 9.17) is 0 Å². The SMILES string of the molecule is CCN(CC(=O)NCc1ccc(F)cc1)C(=O)CC1(O)CCCC1. The Balaban J connectivity index is 1.81. The number of likely N-dealkylation sites (N-methyl/N-ethyl adjacent to an activating group) is 1. The molecule has 1 aromatic rings.